The lowest BCUT2D eigenvalue weighted by atomic mass is 10.2. The lowest BCUT2D eigenvalue weighted by Gasteiger charge is -1.92. The number of hydrogen-bond acceptors (Lipinski definition) is 4. The summed E-state index contributed by atoms with van der Waals surface area (Å²) in [7, 11) is 3.25. The van der Waals surface area contributed by atoms with Gasteiger partial charge in [-0.15, -0.1) is 0 Å². The van der Waals surface area contributed by atoms with E-state index in [0.29, 0.717) is 5.75 Å². The minimum absolute atomic E-state index is 0.169. The van der Waals surface area contributed by atoms with E-state index in [1.165, 1.54) is 24.3 Å². The molecule has 0 fully saturated rings. The molecule has 0 aliphatic heterocycles. The molecule has 0 atom stereocenters. The average Bonchev–Trinajstić information content (AvgIpc) is 2.38. The van der Waals surface area contributed by atoms with Crippen molar-refractivity contribution in [3.8, 4) is 17.2 Å². The Kier molecular flexibility index (Phi) is 8.66. The molecule has 0 bridgehead atoms. The summed E-state index contributed by atoms with van der Waals surface area (Å²) in [6.07, 6.45) is 0. The number of methoxy groups -OCH3 is 1. The van der Waals surface area contributed by atoms with Crippen LogP contribution in [0, 0.1) is 6.92 Å². The molecule has 0 heterocycles. The molecule has 0 aromatic heterocycles. The van der Waals surface area contributed by atoms with E-state index in [4.69, 9.17) is 15.3 Å². The van der Waals surface area contributed by atoms with Crippen molar-refractivity contribution in [2.45, 2.75) is 6.92 Å². The van der Waals surface area contributed by atoms with Crippen LogP contribution in [0.25, 0.3) is 0 Å². The summed E-state index contributed by atoms with van der Waals surface area (Å²) in [5, 5.41) is 26.2. The fourth-order valence-electron chi connectivity index (χ4n) is 1.02. The van der Waals surface area contributed by atoms with Crippen molar-refractivity contribution in [1.82, 2.24) is 0 Å². The van der Waals surface area contributed by atoms with E-state index >= 15 is 0 Å². The Labute approximate surface area is 113 Å². The topological polar surface area (TPSA) is 69.9 Å². The summed E-state index contributed by atoms with van der Waals surface area (Å²) in [6.45, 7) is 1.87. The molecule has 3 N–H and O–H groups in total. The van der Waals surface area contributed by atoms with E-state index < -0.39 is 0 Å². The zero-order valence-corrected chi connectivity index (χ0v) is 11.4. The normalized spacial score (nSPS) is 8.58. The third-order valence-electron chi connectivity index (χ3n) is 1.97. The molecule has 19 heavy (non-hydrogen) atoms. The van der Waals surface area contributed by atoms with E-state index in [-0.39, 0.29) is 11.5 Å². The molecule has 0 spiro atoms. The summed E-state index contributed by atoms with van der Waals surface area (Å²) >= 11 is 0. The highest BCUT2D eigenvalue weighted by Crippen LogP contribution is 2.13. The van der Waals surface area contributed by atoms with E-state index in [2.05, 4.69) is 4.74 Å². The van der Waals surface area contributed by atoms with Crippen LogP contribution in [0.2, 0.25) is 0 Å². The van der Waals surface area contributed by atoms with Crippen LogP contribution in [0.5, 0.6) is 17.2 Å². The molecule has 0 saturated heterocycles. The van der Waals surface area contributed by atoms with Crippen molar-refractivity contribution in [3.63, 3.8) is 0 Å². The summed E-state index contributed by atoms with van der Waals surface area (Å²) in [4.78, 5) is 0. The van der Waals surface area contributed by atoms with Crippen LogP contribution in [0.4, 0.5) is 0 Å². The molecular formula is C15H20O4. The van der Waals surface area contributed by atoms with Gasteiger partial charge in [-0.2, -0.15) is 0 Å². The predicted molar refractivity (Wildman–Crippen MR) is 75.5 cm³/mol. The second kappa shape index (κ2) is 9.79. The first-order valence-electron chi connectivity index (χ1n) is 5.64. The van der Waals surface area contributed by atoms with Crippen LogP contribution in [0.15, 0.2) is 48.5 Å². The van der Waals surface area contributed by atoms with Crippen LogP contribution in [-0.4, -0.2) is 29.5 Å². The molecule has 0 radical (unpaired) electrons. The Morgan fingerprint density at radius 2 is 1.11 bits per heavy atom. The summed E-state index contributed by atoms with van der Waals surface area (Å²) in [6, 6.07) is 13.0. The maximum Gasteiger partial charge on any atom is 0.118 e. The number of hydrogen-bond donors (Lipinski definition) is 3. The molecule has 2 rings (SSSR count). The van der Waals surface area contributed by atoms with Gasteiger partial charge >= 0.3 is 0 Å². The minimum atomic E-state index is 0.169. The summed E-state index contributed by atoms with van der Waals surface area (Å²) in [5.74, 6) is 0.707. The van der Waals surface area contributed by atoms with Gasteiger partial charge in [-0.25, -0.2) is 0 Å². The quantitative estimate of drug-likeness (QED) is 0.640. The van der Waals surface area contributed by atoms with Crippen LogP contribution >= 0.6 is 0 Å². The highest BCUT2D eigenvalue weighted by Gasteiger charge is 1.87. The molecule has 0 aliphatic carbocycles. The maximum absolute atomic E-state index is 8.92. The fraction of sp³-hybridized carbons (Fsp3) is 0.200. The summed E-state index contributed by atoms with van der Waals surface area (Å²) < 4.78 is 4.25. The lowest BCUT2D eigenvalue weighted by Crippen LogP contribution is -1.68. The highest BCUT2D eigenvalue weighted by atomic mass is 16.4. The van der Waals surface area contributed by atoms with Gasteiger partial charge in [0.05, 0.1) is 0 Å². The van der Waals surface area contributed by atoms with Crippen molar-refractivity contribution < 1.29 is 20.1 Å². The molecule has 104 valence electrons. The van der Waals surface area contributed by atoms with Crippen LogP contribution in [-0.2, 0) is 4.74 Å². The van der Waals surface area contributed by atoms with Crippen LogP contribution < -0.4 is 0 Å². The Morgan fingerprint density at radius 1 is 0.737 bits per heavy atom. The molecule has 0 unspecified atom stereocenters. The Balaban J connectivity index is 0.000000284. The van der Waals surface area contributed by atoms with Crippen LogP contribution in [0.3, 0.4) is 0 Å². The van der Waals surface area contributed by atoms with E-state index in [0.717, 1.165) is 5.56 Å². The largest absolute Gasteiger partial charge is 0.508 e. The molecule has 4 heteroatoms. The molecule has 4 nitrogen and oxygen atoms in total. The minimum Gasteiger partial charge on any atom is -0.508 e. The molecule has 2 aromatic rings. The van der Waals surface area contributed by atoms with Crippen molar-refractivity contribution in [1.29, 1.82) is 0 Å². The highest BCUT2D eigenvalue weighted by molar-refractivity contribution is 5.30. The number of phenolic OH excluding ortho intramolecular Hbond substituents is 3. The van der Waals surface area contributed by atoms with Crippen molar-refractivity contribution in [2.24, 2.45) is 0 Å². The van der Waals surface area contributed by atoms with Gasteiger partial charge in [0, 0.05) is 14.2 Å². The third kappa shape index (κ3) is 8.51. The lowest BCUT2D eigenvalue weighted by molar-refractivity contribution is 0.277. The number of ether oxygens (including phenoxy) is 1. The van der Waals surface area contributed by atoms with Gasteiger partial charge in [-0.05, 0) is 42.8 Å². The smallest absolute Gasteiger partial charge is 0.118 e. The number of benzene rings is 2. The monoisotopic (exact) mass is 264 g/mol. The zero-order chi connectivity index (χ0) is 14.7. The van der Waals surface area contributed by atoms with Gasteiger partial charge in [0.25, 0.3) is 0 Å². The van der Waals surface area contributed by atoms with E-state index in [9.17, 15) is 0 Å². The van der Waals surface area contributed by atoms with Gasteiger partial charge in [-0.1, -0.05) is 18.2 Å². The van der Waals surface area contributed by atoms with Gasteiger partial charge in [0.15, 0.2) is 0 Å². The molecule has 0 saturated carbocycles. The molecule has 0 aliphatic rings. The van der Waals surface area contributed by atoms with Crippen molar-refractivity contribution in [2.75, 3.05) is 14.2 Å². The first-order chi connectivity index (χ1) is 9.01. The zero-order valence-electron chi connectivity index (χ0n) is 11.4. The van der Waals surface area contributed by atoms with Gasteiger partial charge in [0.2, 0.25) is 0 Å². The Morgan fingerprint density at radius 3 is 1.37 bits per heavy atom. The van der Waals surface area contributed by atoms with E-state index in [1.807, 2.05) is 25.1 Å². The Hall–Kier alpha value is -2.20. The third-order valence-corrected chi connectivity index (χ3v) is 1.97. The standard InChI is InChI=1S/C7H8O.C6H6O2.C2H6O/c1-6-4-2-3-5-7(6)8;7-5-1-2-6(8)4-3-5;1-3-2/h2-5,8H,1H3;1-4,7-8H;1-2H3. The first-order valence-corrected chi connectivity index (χ1v) is 5.64. The fourth-order valence-corrected chi connectivity index (χ4v) is 1.02. The SMILES string of the molecule is COC.Cc1ccccc1O.Oc1ccc(O)cc1. The Bertz CT molecular complexity index is 410. The first kappa shape index (κ1) is 16.8. The number of aryl methyl sites for hydroxylation is 1. The average molecular weight is 264 g/mol. The van der Waals surface area contributed by atoms with Gasteiger partial charge < -0.3 is 20.1 Å². The number of phenols is 3. The number of para-hydroxylation sites is 1. The van der Waals surface area contributed by atoms with Crippen molar-refractivity contribution >= 4 is 0 Å². The second-order valence-electron chi connectivity index (χ2n) is 3.71. The second-order valence-corrected chi connectivity index (χ2v) is 3.71. The van der Waals surface area contributed by atoms with E-state index in [1.54, 1.807) is 20.3 Å². The molecule has 2 aromatic carbocycles. The maximum atomic E-state index is 8.92. The van der Waals surface area contributed by atoms with Crippen LogP contribution in [0.1, 0.15) is 5.56 Å². The number of rotatable bonds is 0. The van der Waals surface area contributed by atoms with Crippen molar-refractivity contribution in [3.05, 3.63) is 54.1 Å². The summed E-state index contributed by atoms with van der Waals surface area (Å²) in [5.41, 5.74) is 0.924. The number of aromatic hydroxyl groups is 3. The predicted octanol–water partition coefficient (Wildman–Crippen LogP) is 3.06. The van der Waals surface area contributed by atoms with Gasteiger partial charge in [0.1, 0.15) is 17.2 Å². The molecule has 0 amide bonds. The van der Waals surface area contributed by atoms with Gasteiger partial charge in [-0.3, -0.25) is 0 Å². The molecular weight excluding hydrogens is 244 g/mol.